The molecule has 3 atom stereocenters. The summed E-state index contributed by atoms with van der Waals surface area (Å²) in [6.45, 7) is 0.546. The molecule has 1 aliphatic rings. The lowest BCUT2D eigenvalue weighted by Gasteiger charge is -2.19. The summed E-state index contributed by atoms with van der Waals surface area (Å²) >= 11 is 0. The topological polar surface area (TPSA) is 78.8 Å². The molecule has 1 aliphatic heterocycles. The van der Waals surface area contributed by atoms with E-state index in [1.165, 1.54) is 0 Å². The Labute approximate surface area is 99.0 Å². The van der Waals surface area contributed by atoms with Gasteiger partial charge in [0.2, 0.25) is 0 Å². The van der Waals surface area contributed by atoms with Crippen molar-refractivity contribution in [2.24, 2.45) is 0 Å². The van der Waals surface area contributed by atoms with Crippen LogP contribution in [0, 0.1) is 0 Å². The number of aliphatic carboxylic acids is 1. The Morgan fingerprint density at radius 1 is 1.41 bits per heavy atom. The summed E-state index contributed by atoms with van der Waals surface area (Å²) in [5.41, 5.74) is 0.954. The monoisotopic (exact) mass is 237 g/mol. The molecule has 0 spiro atoms. The van der Waals surface area contributed by atoms with Crippen molar-refractivity contribution in [2.75, 3.05) is 6.54 Å². The van der Waals surface area contributed by atoms with Gasteiger partial charge in [0.1, 0.15) is 12.1 Å². The first-order chi connectivity index (χ1) is 8.18. The molecule has 1 saturated heterocycles. The minimum absolute atomic E-state index is 0.246. The number of hydrogen-bond acceptors (Lipinski definition) is 4. The number of rotatable bonds is 4. The average molecular weight is 237 g/mol. The van der Waals surface area contributed by atoms with Gasteiger partial charge in [0.05, 0.1) is 12.7 Å². The van der Waals surface area contributed by atoms with Gasteiger partial charge in [-0.05, 0) is 5.56 Å². The SMILES string of the molecule is O=C(O)[C@H]1NC[C@H](O)[C@H]1OCc1ccccc1. The molecule has 1 heterocycles. The first-order valence-corrected chi connectivity index (χ1v) is 5.48. The first kappa shape index (κ1) is 12.0. The molecule has 17 heavy (non-hydrogen) atoms. The fourth-order valence-electron chi connectivity index (χ4n) is 1.90. The Morgan fingerprint density at radius 2 is 2.12 bits per heavy atom. The number of ether oxygens (including phenoxy) is 1. The smallest absolute Gasteiger partial charge is 0.323 e. The minimum atomic E-state index is -1.00. The highest BCUT2D eigenvalue weighted by Gasteiger charge is 2.40. The van der Waals surface area contributed by atoms with Gasteiger partial charge in [-0.3, -0.25) is 10.1 Å². The van der Waals surface area contributed by atoms with Crippen LogP contribution in [0.3, 0.4) is 0 Å². The highest BCUT2D eigenvalue weighted by atomic mass is 16.5. The zero-order valence-corrected chi connectivity index (χ0v) is 9.24. The lowest BCUT2D eigenvalue weighted by Crippen LogP contribution is -2.41. The zero-order chi connectivity index (χ0) is 12.3. The van der Waals surface area contributed by atoms with Gasteiger partial charge in [-0.15, -0.1) is 0 Å². The molecule has 0 unspecified atom stereocenters. The molecule has 0 aromatic heterocycles. The van der Waals surface area contributed by atoms with Crippen molar-refractivity contribution in [2.45, 2.75) is 24.9 Å². The van der Waals surface area contributed by atoms with E-state index >= 15 is 0 Å². The second-order valence-electron chi connectivity index (χ2n) is 4.05. The fourth-order valence-corrected chi connectivity index (χ4v) is 1.90. The summed E-state index contributed by atoms with van der Waals surface area (Å²) in [5.74, 6) is -1.00. The molecule has 0 amide bonds. The lowest BCUT2D eigenvalue weighted by molar-refractivity contribution is -0.144. The Balaban J connectivity index is 1.95. The predicted molar refractivity (Wildman–Crippen MR) is 60.5 cm³/mol. The number of β-amino-alcohol motifs (C(OH)–C–C–N with tert-alkyl or cyclic N) is 1. The lowest BCUT2D eigenvalue weighted by atomic mass is 10.1. The summed E-state index contributed by atoms with van der Waals surface area (Å²) in [6, 6.07) is 8.62. The van der Waals surface area contributed by atoms with E-state index in [4.69, 9.17) is 9.84 Å². The Kier molecular flexibility index (Phi) is 3.73. The van der Waals surface area contributed by atoms with E-state index in [0.717, 1.165) is 5.56 Å². The third kappa shape index (κ3) is 2.82. The maximum atomic E-state index is 10.9. The van der Waals surface area contributed by atoms with Gasteiger partial charge in [-0.25, -0.2) is 0 Å². The standard InChI is InChI=1S/C12H15NO4/c14-9-6-13-10(12(15)16)11(9)17-7-8-4-2-1-3-5-8/h1-5,9-11,13-14H,6-7H2,(H,15,16)/t9-,10-,11+/m0/s1. The van der Waals surface area contributed by atoms with Gasteiger partial charge in [0, 0.05) is 6.54 Å². The third-order valence-corrected chi connectivity index (χ3v) is 2.81. The number of benzene rings is 1. The van der Waals surface area contributed by atoms with Crippen LogP contribution in [0.1, 0.15) is 5.56 Å². The van der Waals surface area contributed by atoms with Crippen molar-refractivity contribution in [3.05, 3.63) is 35.9 Å². The summed E-state index contributed by atoms with van der Waals surface area (Å²) in [4.78, 5) is 10.9. The summed E-state index contributed by atoms with van der Waals surface area (Å²) in [6.07, 6.45) is -1.48. The molecule has 3 N–H and O–H groups in total. The van der Waals surface area contributed by atoms with E-state index in [1.807, 2.05) is 30.3 Å². The Bertz CT molecular complexity index is 381. The molecule has 5 nitrogen and oxygen atoms in total. The van der Waals surface area contributed by atoms with Gasteiger partial charge in [-0.2, -0.15) is 0 Å². The number of aliphatic hydroxyl groups is 1. The number of aliphatic hydroxyl groups excluding tert-OH is 1. The summed E-state index contributed by atoms with van der Waals surface area (Å²) in [5, 5.41) is 21.3. The van der Waals surface area contributed by atoms with Crippen LogP contribution >= 0.6 is 0 Å². The molecule has 5 heteroatoms. The van der Waals surface area contributed by atoms with Crippen LogP contribution in [0.25, 0.3) is 0 Å². The number of carboxylic acid groups (broad SMARTS) is 1. The van der Waals surface area contributed by atoms with Crippen LogP contribution < -0.4 is 5.32 Å². The van der Waals surface area contributed by atoms with E-state index in [1.54, 1.807) is 0 Å². The van der Waals surface area contributed by atoms with Crippen LogP contribution in [-0.4, -0.2) is 41.0 Å². The second-order valence-corrected chi connectivity index (χ2v) is 4.05. The minimum Gasteiger partial charge on any atom is -0.480 e. The first-order valence-electron chi connectivity index (χ1n) is 5.48. The van der Waals surface area contributed by atoms with Crippen molar-refractivity contribution in [1.82, 2.24) is 5.32 Å². The van der Waals surface area contributed by atoms with E-state index in [0.29, 0.717) is 6.61 Å². The quantitative estimate of drug-likeness (QED) is 0.686. The maximum Gasteiger partial charge on any atom is 0.323 e. The highest BCUT2D eigenvalue weighted by Crippen LogP contribution is 2.15. The van der Waals surface area contributed by atoms with Crippen LogP contribution in [0.15, 0.2) is 30.3 Å². The summed E-state index contributed by atoms with van der Waals surface area (Å²) in [7, 11) is 0. The molecule has 1 fully saturated rings. The Hall–Kier alpha value is -1.43. The van der Waals surface area contributed by atoms with Gasteiger partial charge in [0.15, 0.2) is 0 Å². The second kappa shape index (κ2) is 5.27. The van der Waals surface area contributed by atoms with E-state index in [9.17, 15) is 9.90 Å². The average Bonchev–Trinajstić information content (AvgIpc) is 2.69. The van der Waals surface area contributed by atoms with E-state index in [-0.39, 0.29) is 6.54 Å². The molecular weight excluding hydrogens is 222 g/mol. The summed E-state index contributed by atoms with van der Waals surface area (Å²) < 4.78 is 5.48. The number of carbonyl (C=O) groups is 1. The van der Waals surface area contributed by atoms with Crippen molar-refractivity contribution in [3.8, 4) is 0 Å². The van der Waals surface area contributed by atoms with Crippen LogP contribution in [-0.2, 0) is 16.1 Å². The third-order valence-electron chi connectivity index (χ3n) is 2.81. The van der Waals surface area contributed by atoms with Gasteiger partial charge in [-0.1, -0.05) is 30.3 Å². The molecular formula is C12H15NO4. The van der Waals surface area contributed by atoms with Crippen molar-refractivity contribution >= 4 is 5.97 Å². The van der Waals surface area contributed by atoms with Crippen molar-refractivity contribution in [3.63, 3.8) is 0 Å². The molecule has 0 saturated carbocycles. The molecule has 1 aromatic rings. The van der Waals surface area contributed by atoms with Crippen LogP contribution in [0.2, 0.25) is 0 Å². The largest absolute Gasteiger partial charge is 0.480 e. The van der Waals surface area contributed by atoms with Gasteiger partial charge >= 0.3 is 5.97 Å². The molecule has 2 rings (SSSR count). The fraction of sp³-hybridized carbons (Fsp3) is 0.417. The van der Waals surface area contributed by atoms with Crippen LogP contribution in [0.5, 0.6) is 0 Å². The molecule has 0 aliphatic carbocycles. The highest BCUT2D eigenvalue weighted by molar-refractivity contribution is 5.75. The van der Waals surface area contributed by atoms with Crippen molar-refractivity contribution in [1.29, 1.82) is 0 Å². The Morgan fingerprint density at radius 3 is 2.76 bits per heavy atom. The van der Waals surface area contributed by atoms with Crippen LogP contribution in [0.4, 0.5) is 0 Å². The normalized spacial score (nSPS) is 28.2. The number of nitrogens with one attached hydrogen (secondary N) is 1. The molecule has 0 bridgehead atoms. The predicted octanol–water partition coefficient (Wildman–Crippen LogP) is -0.0109. The number of hydrogen-bond donors (Lipinski definition) is 3. The molecule has 0 radical (unpaired) electrons. The molecule has 92 valence electrons. The maximum absolute atomic E-state index is 10.9. The number of carboxylic acids is 1. The van der Waals surface area contributed by atoms with Crippen molar-refractivity contribution < 1.29 is 19.7 Å². The van der Waals surface area contributed by atoms with Gasteiger partial charge in [0.25, 0.3) is 0 Å². The van der Waals surface area contributed by atoms with E-state index < -0.39 is 24.2 Å². The van der Waals surface area contributed by atoms with Gasteiger partial charge < -0.3 is 14.9 Å². The zero-order valence-electron chi connectivity index (χ0n) is 9.24. The van der Waals surface area contributed by atoms with E-state index in [2.05, 4.69) is 5.32 Å². The molecule has 1 aromatic carbocycles.